The number of benzene rings is 1. The van der Waals surface area contributed by atoms with Gasteiger partial charge in [-0.2, -0.15) is 0 Å². The largest absolute Gasteiger partial charge is 0.492 e. The van der Waals surface area contributed by atoms with Crippen molar-refractivity contribution >= 4 is 5.91 Å². The predicted molar refractivity (Wildman–Crippen MR) is 70.4 cm³/mol. The molecule has 1 heterocycles. The topological polar surface area (TPSA) is 64.3 Å². The summed E-state index contributed by atoms with van der Waals surface area (Å²) in [5.41, 5.74) is 6.63. The van der Waals surface area contributed by atoms with Crippen LogP contribution >= 0.6 is 0 Å². The third kappa shape index (κ3) is 3.01. The van der Waals surface area contributed by atoms with Crippen LogP contribution in [0.15, 0.2) is 24.3 Å². The molecule has 4 nitrogen and oxygen atoms in total. The van der Waals surface area contributed by atoms with E-state index in [2.05, 4.69) is 5.32 Å². The summed E-state index contributed by atoms with van der Waals surface area (Å²) >= 11 is 0. The highest BCUT2D eigenvalue weighted by atomic mass is 16.5. The Bertz CT molecular complexity index is 420. The summed E-state index contributed by atoms with van der Waals surface area (Å²) in [5, 5.41) is 2.93. The van der Waals surface area contributed by atoms with Crippen LogP contribution in [-0.4, -0.2) is 25.6 Å². The first-order valence-corrected chi connectivity index (χ1v) is 6.39. The van der Waals surface area contributed by atoms with Gasteiger partial charge in [0.05, 0.1) is 5.92 Å². The number of carbonyl (C=O) groups excluding carboxylic acids is 1. The standard InChI is InChI=1S/C14H20N2O2/c1-10(7-15)8-16-14(17)12-6-11-4-2-3-5-13(11)18-9-12/h2-5,10,12H,6-9,15H2,1H3,(H,16,17). The van der Waals surface area contributed by atoms with Crippen molar-refractivity contribution in [3.63, 3.8) is 0 Å². The van der Waals surface area contributed by atoms with Gasteiger partial charge >= 0.3 is 0 Å². The maximum atomic E-state index is 12.0. The Labute approximate surface area is 108 Å². The predicted octanol–water partition coefficient (Wildman–Crippen LogP) is 0.949. The fraction of sp³-hybridized carbons (Fsp3) is 0.500. The lowest BCUT2D eigenvalue weighted by atomic mass is 9.96. The summed E-state index contributed by atoms with van der Waals surface area (Å²) in [6.07, 6.45) is 0.749. The maximum absolute atomic E-state index is 12.0. The zero-order chi connectivity index (χ0) is 13.0. The van der Waals surface area contributed by atoms with Crippen molar-refractivity contribution in [3.05, 3.63) is 29.8 Å². The fourth-order valence-corrected chi connectivity index (χ4v) is 2.00. The van der Waals surface area contributed by atoms with Gasteiger partial charge in [-0.3, -0.25) is 4.79 Å². The molecule has 0 spiro atoms. The minimum absolute atomic E-state index is 0.0600. The van der Waals surface area contributed by atoms with E-state index in [9.17, 15) is 4.79 Å². The molecule has 0 saturated carbocycles. The summed E-state index contributed by atoms with van der Waals surface area (Å²) in [6.45, 7) is 3.70. The van der Waals surface area contributed by atoms with Gasteiger partial charge < -0.3 is 15.8 Å². The van der Waals surface area contributed by atoms with E-state index < -0.39 is 0 Å². The van der Waals surface area contributed by atoms with E-state index in [4.69, 9.17) is 10.5 Å². The van der Waals surface area contributed by atoms with Gasteiger partial charge in [0.15, 0.2) is 0 Å². The van der Waals surface area contributed by atoms with Gasteiger partial charge in [-0.15, -0.1) is 0 Å². The summed E-state index contributed by atoms with van der Waals surface area (Å²) in [6, 6.07) is 7.87. The van der Waals surface area contributed by atoms with Gasteiger partial charge in [-0.05, 0) is 30.5 Å². The van der Waals surface area contributed by atoms with E-state index in [1.54, 1.807) is 0 Å². The van der Waals surface area contributed by atoms with Crippen molar-refractivity contribution in [1.82, 2.24) is 5.32 Å². The summed E-state index contributed by atoms with van der Waals surface area (Å²) in [5.74, 6) is 1.18. The Morgan fingerprint density at radius 2 is 2.33 bits per heavy atom. The van der Waals surface area contributed by atoms with Gasteiger partial charge in [-0.25, -0.2) is 0 Å². The van der Waals surface area contributed by atoms with E-state index in [-0.39, 0.29) is 11.8 Å². The Kier molecular flexibility index (Phi) is 4.20. The number of carbonyl (C=O) groups is 1. The van der Waals surface area contributed by atoms with E-state index in [0.717, 1.165) is 17.7 Å². The van der Waals surface area contributed by atoms with Gasteiger partial charge in [0, 0.05) is 6.54 Å². The Morgan fingerprint density at radius 3 is 3.11 bits per heavy atom. The van der Waals surface area contributed by atoms with Crippen LogP contribution < -0.4 is 15.8 Å². The summed E-state index contributed by atoms with van der Waals surface area (Å²) < 4.78 is 5.60. The minimum Gasteiger partial charge on any atom is -0.492 e. The van der Waals surface area contributed by atoms with E-state index in [1.807, 2.05) is 31.2 Å². The molecule has 2 atom stereocenters. The zero-order valence-corrected chi connectivity index (χ0v) is 10.7. The number of rotatable bonds is 4. The van der Waals surface area contributed by atoms with Crippen LogP contribution in [0, 0.1) is 11.8 Å². The summed E-state index contributed by atoms with van der Waals surface area (Å²) in [4.78, 5) is 12.0. The fourth-order valence-electron chi connectivity index (χ4n) is 2.00. The molecule has 2 unspecified atom stereocenters. The second-order valence-electron chi connectivity index (χ2n) is 4.91. The molecule has 0 aliphatic carbocycles. The Balaban J connectivity index is 1.90. The third-order valence-corrected chi connectivity index (χ3v) is 3.28. The lowest BCUT2D eigenvalue weighted by Crippen LogP contribution is -2.40. The number of nitrogens with one attached hydrogen (secondary N) is 1. The molecular weight excluding hydrogens is 228 g/mol. The minimum atomic E-state index is -0.0927. The molecule has 1 aliphatic heterocycles. The highest BCUT2D eigenvalue weighted by Gasteiger charge is 2.25. The van der Waals surface area contributed by atoms with Gasteiger partial charge in [0.2, 0.25) is 5.91 Å². The highest BCUT2D eigenvalue weighted by Crippen LogP contribution is 2.26. The Hall–Kier alpha value is -1.55. The molecule has 1 aromatic carbocycles. The first-order chi connectivity index (χ1) is 8.70. The maximum Gasteiger partial charge on any atom is 0.226 e. The van der Waals surface area contributed by atoms with Crippen molar-refractivity contribution in [1.29, 1.82) is 0 Å². The number of hydrogen-bond donors (Lipinski definition) is 2. The molecule has 0 aromatic heterocycles. The number of para-hydroxylation sites is 1. The molecule has 3 N–H and O–H groups in total. The third-order valence-electron chi connectivity index (χ3n) is 3.28. The zero-order valence-electron chi connectivity index (χ0n) is 10.7. The second-order valence-corrected chi connectivity index (χ2v) is 4.91. The van der Waals surface area contributed by atoms with Crippen LogP contribution in [0.2, 0.25) is 0 Å². The molecule has 1 amide bonds. The van der Waals surface area contributed by atoms with Crippen LogP contribution in [0.25, 0.3) is 0 Å². The van der Waals surface area contributed by atoms with Gasteiger partial charge in [0.25, 0.3) is 0 Å². The quantitative estimate of drug-likeness (QED) is 0.833. The molecule has 98 valence electrons. The van der Waals surface area contributed by atoms with Crippen molar-refractivity contribution in [2.24, 2.45) is 17.6 Å². The number of hydrogen-bond acceptors (Lipinski definition) is 3. The van der Waals surface area contributed by atoms with Crippen molar-refractivity contribution in [2.75, 3.05) is 19.7 Å². The molecule has 0 saturated heterocycles. The molecule has 1 aliphatic rings. The average Bonchev–Trinajstić information content (AvgIpc) is 2.43. The SMILES string of the molecule is CC(CN)CNC(=O)C1COc2ccccc2C1. The van der Waals surface area contributed by atoms with Crippen molar-refractivity contribution < 1.29 is 9.53 Å². The van der Waals surface area contributed by atoms with Crippen LogP contribution in [-0.2, 0) is 11.2 Å². The summed E-state index contributed by atoms with van der Waals surface area (Å²) in [7, 11) is 0. The number of amides is 1. The number of ether oxygens (including phenoxy) is 1. The molecule has 0 fully saturated rings. The first kappa shape index (κ1) is 12.9. The molecule has 4 heteroatoms. The smallest absolute Gasteiger partial charge is 0.226 e. The van der Waals surface area contributed by atoms with Gasteiger partial charge in [0.1, 0.15) is 12.4 Å². The van der Waals surface area contributed by atoms with Crippen molar-refractivity contribution in [2.45, 2.75) is 13.3 Å². The normalized spacial score (nSPS) is 19.6. The van der Waals surface area contributed by atoms with E-state index in [0.29, 0.717) is 25.6 Å². The average molecular weight is 248 g/mol. The van der Waals surface area contributed by atoms with Crippen molar-refractivity contribution in [3.8, 4) is 5.75 Å². The highest BCUT2D eigenvalue weighted by molar-refractivity contribution is 5.79. The Morgan fingerprint density at radius 1 is 1.56 bits per heavy atom. The lowest BCUT2D eigenvalue weighted by Gasteiger charge is -2.25. The monoisotopic (exact) mass is 248 g/mol. The first-order valence-electron chi connectivity index (χ1n) is 6.39. The number of nitrogens with two attached hydrogens (primary N) is 1. The molecule has 0 radical (unpaired) electrons. The van der Waals surface area contributed by atoms with Gasteiger partial charge in [-0.1, -0.05) is 25.1 Å². The molecule has 18 heavy (non-hydrogen) atoms. The van der Waals surface area contributed by atoms with Crippen LogP contribution in [0.4, 0.5) is 0 Å². The lowest BCUT2D eigenvalue weighted by molar-refractivity contribution is -0.126. The van der Waals surface area contributed by atoms with Crippen LogP contribution in [0.3, 0.4) is 0 Å². The van der Waals surface area contributed by atoms with E-state index >= 15 is 0 Å². The molecule has 1 aromatic rings. The van der Waals surface area contributed by atoms with Crippen LogP contribution in [0.5, 0.6) is 5.75 Å². The van der Waals surface area contributed by atoms with E-state index in [1.165, 1.54) is 0 Å². The van der Waals surface area contributed by atoms with Crippen LogP contribution in [0.1, 0.15) is 12.5 Å². The molecule has 0 bridgehead atoms. The second kappa shape index (κ2) is 5.87. The molecular formula is C14H20N2O2. The molecule has 2 rings (SSSR count). The number of fused-ring (bicyclic) bond motifs is 1.